The smallest absolute Gasteiger partial charge is 0.0594 e. The molecule has 0 spiro atoms. The minimum atomic E-state index is 0.811. The van der Waals surface area contributed by atoms with Crippen molar-refractivity contribution in [2.24, 2.45) is 0 Å². The van der Waals surface area contributed by atoms with Crippen LogP contribution in [0.2, 0.25) is 0 Å². The Morgan fingerprint density at radius 1 is 1.00 bits per heavy atom. The Balaban J connectivity index is 2.10. The number of ether oxygens (including phenoxy) is 1. The summed E-state index contributed by atoms with van der Waals surface area (Å²) in [6, 6.07) is 0.811. The molecule has 1 atom stereocenters. The number of hydrogen-bond acceptors (Lipinski definition) is 2. The van der Waals surface area contributed by atoms with E-state index in [9.17, 15) is 0 Å². The summed E-state index contributed by atoms with van der Waals surface area (Å²) in [6.07, 6.45) is 9.71. The molecule has 0 aromatic heterocycles. The highest BCUT2D eigenvalue weighted by Crippen LogP contribution is 2.15. The van der Waals surface area contributed by atoms with Crippen LogP contribution in [0.15, 0.2) is 0 Å². The molecule has 0 bridgehead atoms. The Morgan fingerprint density at radius 2 is 1.69 bits per heavy atom. The summed E-state index contributed by atoms with van der Waals surface area (Å²) in [4.78, 5) is 2.63. The van der Waals surface area contributed by atoms with Crippen LogP contribution in [0, 0.1) is 0 Å². The third kappa shape index (κ3) is 5.31. The first-order chi connectivity index (χ1) is 7.88. The van der Waals surface area contributed by atoms with Crippen molar-refractivity contribution in [1.82, 2.24) is 4.90 Å². The maximum absolute atomic E-state index is 5.41. The lowest BCUT2D eigenvalue weighted by molar-refractivity contribution is 0.0134. The minimum Gasteiger partial charge on any atom is -0.379 e. The summed E-state index contributed by atoms with van der Waals surface area (Å²) in [5.74, 6) is 0. The average molecular weight is 227 g/mol. The van der Waals surface area contributed by atoms with Crippen molar-refractivity contribution in [2.45, 2.75) is 64.8 Å². The molecule has 0 aliphatic carbocycles. The second-order valence-electron chi connectivity index (χ2n) is 4.91. The second kappa shape index (κ2) is 9.00. The van der Waals surface area contributed by atoms with Crippen molar-refractivity contribution in [1.29, 1.82) is 0 Å². The van der Waals surface area contributed by atoms with Gasteiger partial charge in [0.15, 0.2) is 0 Å². The zero-order chi connectivity index (χ0) is 11.6. The Labute approximate surface area is 101 Å². The van der Waals surface area contributed by atoms with E-state index in [0.29, 0.717) is 0 Å². The highest BCUT2D eigenvalue weighted by atomic mass is 16.5. The van der Waals surface area contributed by atoms with Gasteiger partial charge in [-0.25, -0.2) is 0 Å². The Morgan fingerprint density at radius 3 is 2.31 bits per heavy atom. The van der Waals surface area contributed by atoms with Crippen LogP contribution < -0.4 is 0 Å². The summed E-state index contributed by atoms with van der Waals surface area (Å²) in [7, 11) is 0. The van der Waals surface area contributed by atoms with Crippen LogP contribution in [0.1, 0.15) is 58.8 Å². The van der Waals surface area contributed by atoms with Gasteiger partial charge in [-0.2, -0.15) is 0 Å². The number of nitrogens with zero attached hydrogens (tertiary/aromatic N) is 1. The maximum Gasteiger partial charge on any atom is 0.0594 e. The maximum atomic E-state index is 5.41. The third-order valence-corrected chi connectivity index (χ3v) is 3.67. The molecule has 16 heavy (non-hydrogen) atoms. The first-order valence-corrected chi connectivity index (χ1v) is 7.20. The summed E-state index contributed by atoms with van der Waals surface area (Å²) in [6.45, 7) is 8.77. The Bertz CT molecular complexity index is 155. The normalized spacial score (nSPS) is 19.9. The zero-order valence-corrected chi connectivity index (χ0v) is 11.2. The molecule has 0 N–H and O–H groups in total. The number of hydrogen-bond donors (Lipinski definition) is 0. The Kier molecular flexibility index (Phi) is 7.87. The lowest BCUT2D eigenvalue weighted by atomic mass is 10.0. The summed E-state index contributed by atoms with van der Waals surface area (Å²) in [5.41, 5.74) is 0. The van der Waals surface area contributed by atoms with Gasteiger partial charge >= 0.3 is 0 Å². The third-order valence-electron chi connectivity index (χ3n) is 3.67. The van der Waals surface area contributed by atoms with Crippen LogP contribution in [0.4, 0.5) is 0 Å². The van der Waals surface area contributed by atoms with Crippen LogP contribution in [0.25, 0.3) is 0 Å². The molecule has 0 aromatic rings. The van der Waals surface area contributed by atoms with E-state index in [1.807, 2.05) is 0 Å². The summed E-state index contributed by atoms with van der Waals surface area (Å²) < 4.78 is 5.41. The van der Waals surface area contributed by atoms with Crippen molar-refractivity contribution in [3.8, 4) is 0 Å². The molecule has 96 valence electrons. The summed E-state index contributed by atoms with van der Waals surface area (Å²) >= 11 is 0. The van der Waals surface area contributed by atoms with Gasteiger partial charge in [0.2, 0.25) is 0 Å². The zero-order valence-electron chi connectivity index (χ0n) is 11.2. The summed E-state index contributed by atoms with van der Waals surface area (Å²) in [5, 5.41) is 0. The number of unbranched alkanes of at least 4 members (excludes halogenated alkanes) is 4. The molecule has 0 radical (unpaired) electrons. The van der Waals surface area contributed by atoms with Crippen molar-refractivity contribution in [3.63, 3.8) is 0 Å². The quantitative estimate of drug-likeness (QED) is 0.589. The average Bonchev–Trinajstić information content (AvgIpc) is 2.35. The van der Waals surface area contributed by atoms with E-state index in [1.54, 1.807) is 0 Å². The molecule has 1 fully saturated rings. The largest absolute Gasteiger partial charge is 0.379 e. The van der Waals surface area contributed by atoms with Gasteiger partial charge in [0, 0.05) is 19.1 Å². The van der Waals surface area contributed by atoms with Gasteiger partial charge in [-0.1, -0.05) is 46.0 Å². The highest BCUT2D eigenvalue weighted by Gasteiger charge is 2.18. The fourth-order valence-electron chi connectivity index (χ4n) is 2.57. The molecule has 1 saturated heterocycles. The molecule has 0 aromatic carbocycles. The van der Waals surface area contributed by atoms with Crippen LogP contribution >= 0.6 is 0 Å². The lowest BCUT2D eigenvalue weighted by Crippen LogP contribution is -2.43. The van der Waals surface area contributed by atoms with Crippen LogP contribution in [-0.4, -0.2) is 37.2 Å². The highest BCUT2D eigenvalue weighted by molar-refractivity contribution is 4.72. The fraction of sp³-hybridized carbons (Fsp3) is 1.00. The van der Waals surface area contributed by atoms with Gasteiger partial charge < -0.3 is 4.74 Å². The van der Waals surface area contributed by atoms with Crippen LogP contribution in [-0.2, 0) is 4.74 Å². The van der Waals surface area contributed by atoms with Crippen LogP contribution in [0.3, 0.4) is 0 Å². The van der Waals surface area contributed by atoms with Gasteiger partial charge in [-0.3, -0.25) is 4.90 Å². The SMILES string of the molecule is CCCCCCCC(CC)N1CCOCC1. The molecule has 1 heterocycles. The van der Waals surface area contributed by atoms with Gasteiger partial charge in [-0.15, -0.1) is 0 Å². The van der Waals surface area contributed by atoms with Gasteiger partial charge in [0.05, 0.1) is 13.2 Å². The van der Waals surface area contributed by atoms with Crippen molar-refractivity contribution >= 4 is 0 Å². The molecule has 0 amide bonds. The van der Waals surface area contributed by atoms with E-state index >= 15 is 0 Å². The molecule has 1 unspecified atom stereocenters. The van der Waals surface area contributed by atoms with E-state index in [1.165, 1.54) is 44.9 Å². The lowest BCUT2D eigenvalue weighted by Gasteiger charge is -2.34. The molecule has 0 saturated carbocycles. The second-order valence-corrected chi connectivity index (χ2v) is 4.91. The van der Waals surface area contributed by atoms with Crippen molar-refractivity contribution < 1.29 is 4.74 Å². The van der Waals surface area contributed by atoms with Gasteiger partial charge in [0.25, 0.3) is 0 Å². The molecule has 2 heteroatoms. The van der Waals surface area contributed by atoms with E-state index < -0.39 is 0 Å². The molecule has 1 rings (SSSR count). The van der Waals surface area contributed by atoms with E-state index in [4.69, 9.17) is 4.74 Å². The molecule has 1 aliphatic heterocycles. The predicted octanol–water partition coefficient (Wildman–Crippen LogP) is 3.46. The van der Waals surface area contributed by atoms with E-state index in [0.717, 1.165) is 32.3 Å². The first-order valence-electron chi connectivity index (χ1n) is 7.20. The molecule has 2 nitrogen and oxygen atoms in total. The molecular weight excluding hydrogens is 198 g/mol. The molecule has 1 aliphatic rings. The first kappa shape index (κ1) is 14.0. The number of rotatable bonds is 8. The monoisotopic (exact) mass is 227 g/mol. The predicted molar refractivity (Wildman–Crippen MR) is 69.8 cm³/mol. The molecular formula is C14H29NO. The van der Waals surface area contributed by atoms with Gasteiger partial charge in [-0.05, 0) is 12.8 Å². The fourth-order valence-corrected chi connectivity index (χ4v) is 2.57. The van der Waals surface area contributed by atoms with Crippen LogP contribution in [0.5, 0.6) is 0 Å². The number of morpholine rings is 1. The minimum absolute atomic E-state index is 0.811. The van der Waals surface area contributed by atoms with Crippen molar-refractivity contribution in [3.05, 3.63) is 0 Å². The van der Waals surface area contributed by atoms with E-state index in [-0.39, 0.29) is 0 Å². The standard InChI is InChI=1S/C14H29NO/c1-3-5-6-7-8-9-14(4-2)15-10-12-16-13-11-15/h14H,3-13H2,1-2H3. The van der Waals surface area contributed by atoms with E-state index in [2.05, 4.69) is 18.7 Å². The van der Waals surface area contributed by atoms with Gasteiger partial charge in [0.1, 0.15) is 0 Å². The topological polar surface area (TPSA) is 12.5 Å². The Hall–Kier alpha value is -0.0800. The van der Waals surface area contributed by atoms with Crippen molar-refractivity contribution in [2.75, 3.05) is 26.3 Å².